The van der Waals surface area contributed by atoms with Crippen LogP contribution in [0.1, 0.15) is 25.7 Å². The molecule has 3 aliphatic rings. The highest BCUT2D eigenvalue weighted by Crippen LogP contribution is 2.37. The number of hydrogen-bond donors (Lipinski definition) is 2. The molecular weight excluding hydrogens is 232 g/mol. The number of rotatable bonds is 5. The van der Waals surface area contributed by atoms with Crippen LogP contribution >= 0.6 is 0 Å². The predicted octanol–water partition coefficient (Wildman–Crippen LogP) is 1.07. The minimum atomic E-state index is -0.732. The highest BCUT2D eigenvalue weighted by Gasteiger charge is 2.41. The minimum Gasteiger partial charge on any atom is -0.396 e. The van der Waals surface area contributed by atoms with Crippen LogP contribution in [0.25, 0.3) is 0 Å². The lowest BCUT2D eigenvalue weighted by Crippen LogP contribution is -2.32. The first-order valence-corrected chi connectivity index (χ1v) is 7.02. The van der Waals surface area contributed by atoms with E-state index < -0.39 is 6.29 Å². The van der Waals surface area contributed by atoms with Gasteiger partial charge in [0.15, 0.2) is 6.29 Å². The van der Waals surface area contributed by atoms with Gasteiger partial charge in [-0.2, -0.15) is 0 Å². The molecule has 2 fully saturated rings. The van der Waals surface area contributed by atoms with Crippen molar-refractivity contribution < 1.29 is 19.7 Å². The molecule has 18 heavy (non-hydrogen) atoms. The van der Waals surface area contributed by atoms with E-state index >= 15 is 0 Å². The summed E-state index contributed by atoms with van der Waals surface area (Å²) in [6.07, 6.45) is 7.77. The number of fused-ring (bicyclic) bond motifs is 2. The van der Waals surface area contributed by atoms with E-state index in [0.717, 1.165) is 25.7 Å². The molecule has 0 spiro atoms. The van der Waals surface area contributed by atoms with Gasteiger partial charge >= 0.3 is 0 Å². The Hall–Kier alpha value is -0.420. The monoisotopic (exact) mass is 254 g/mol. The van der Waals surface area contributed by atoms with Crippen LogP contribution in [0.5, 0.6) is 0 Å². The van der Waals surface area contributed by atoms with Crippen LogP contribution in [0.2, 0.25) is 0 Å². The van der Waals surface area contributed by atoms with E-state index in [-0.39, 0.29) is 24.7 Å². The maximum absolute atomic E-state index is 10.1. The molecular formula is C14H22O4. The Morgan fingerprint density at radius 3 is 2.78 bits per heavy atom. The first-order valence-electron chi connectivity index (χ1n) is 7.02. The molecule has 0 aromatic rings. The molecule has 0 aromatic heterocycles. The first-order chi connectivity index (χ1) is 8.78. The molecule has 3 rings (SSSR count). The summed E-state index contributed by atoms with van der Waals surface area (Å²) < 4.78 is 11.3. The summed E-state index contributed by atoms with van der Waals surface area (Å²) in [4.78, 5) is 0. The number of ether oxygens (including phenoxy) is 2. The van der Waals surface area contributed by atoms with E-state index in [1.165, 1.54) is 0 Å². The first kappa shape index (κ1) is 12.6. The Morgan fingerprint density at radius 2 is 2.11 bits per heavy atom. The van der Waals surface area contributed by atoms with E-state index in [1.807, 2.05) is 6.08 Å². The Labute approximate surface area is 108 Å². The zero-order valence-electron chi connectivity index (χ0n) is 10.6. The Balaban J connectivity index is 1.47. The minimum absolute atomic E-state index is 0.0298. The van der Waals surface area contributed by atoms with Crippen LogP contribution < -0.4 is 0 Å². The molecule has 0 amide bonds. The molecule has 2 heterocycles. The van der Waals surface area contributed by atoms with E-state index in [9.17, 15) is 10.2 Å². The lowest BCUT2D eigenvalue weighted by molar-refractivity contribution is -0.151. The fourth-order valence-corrected chi connectivity index (χ4v) is 3.50. The third kappa shape index (κ3) is 2.35. The lowest BCUT2D eigenvalue weighted by Gasteiger charge is -2.25. The van der Waals surface area contributed by atoms with Crippen molar-refractivity contribution in [2.45, 2.75) is 44.2 Å². The van der Waals surface area contributed by atoms with E-state index in [4.69, 9.17) is 9.47 Å². The molecule has 2 bridgehead atoms. The maximum Gasteiger partial charge on any atom is 0.160 e. The zero-order valence-corrected chi connectivity index (χ0v) is 10.6. The van der Waals surface area contributed by atoms with Crippen molar-refractivity contribution in [2.75, 3.05) is 13.2 Å². The summed E-state index contributed by atoms with van der Waals surface area (Å²) >= 11 is 0. The van der Waals surface area contributed by atoms with E-state index in [0.29, 0.717) is 18.4 Å². The molecule has 0 radical (unpaired) electrons. The summed E-state index contributed by atoms with van der Waals surface area (Å²) in [5.41, 5.74) is 0. The summed E-state index contributed by atoms with van der Waals surface area (Å²) in [6, 6.07) is 0. The Morgan fingerprint density at radius 1 is 1.28 bits per heavy atom. The van der Waals surface area contributed by atoms with Crippen LogP contribution in [0, 0.1) is 17.8 Å². The second kappa shape index (κ2) is 5.29. The van der Waals surface area contributed by atoms with Crippen molar-refractivity contribution >= 4 is 0 Å². The topological polar surface area (TPSA) is 58.9 Å². The summed E-state index contributed by atoms with van der Waals surface area (Å²) in [5, 5.41) is 19.3. The van der Waals surface area contributed by atoms with Crippen molar-refractivity contribution in [3.05, 3.63) is 12.2 Å². The van der Waals surface area contributed by atoms with Crippen molar-refractivity contribution in [1.29, 1.82) is 0 Å². The molecule has 1 saturated carbocycles. The molecule has 1 saturated heterocycles. The van der Waals surface area contributed by atoms with Gasteiger partial charge in [0.1, 0.15) is 0 Å². The van der Waals surface area contributed by atoms with Gasteiger partial charge in [0.05, 0.1) is 18.8 Å². The van der Waals surface area contributed by atoms with Gasteiger partial charge in [-0.1, -0.05) is 18.6 Å². The van der Waals surface area contributed by atoms with Gasteiger partial charge < -0.3 is 19.7 Å². The second-order valence-corrected chi connectivity index (χ2v) is 5.78. The van der Waals surface area contributed by atoms with Gasteiger partial charge in [0, 0.05) is 12.5 Å². The van der Waals surface area contributed by atoms with Gasteiger partial charge in [-0.15, -0.1) is 0 Å². The van der Waals surface area contributed by atoms with Gasteiger partial charge in [0.25, 0.3) is 0 Å². The average Bonchev–Trinajstić information content (AvgIpc) is 3.10. The van der Waals surface area contributed by atoms with Crippen molar-refractivity contribution in [3.63, 3.8) is 0 Å². The highest BCUT2D eigenvalue weighted by molar-refractivity contribution is 5.11. The molecule has 6 atom stereocenters. The Kier molecular flexibility index (Phi) is 3.71. The molecule has 0 aromatic carbocycles. The smallest absolute Gasteiger partial charge is 0.160 e. The van der Waals surface area contributed by atoms with Crippen LogP contribution in [-0.4, -0.2) is 41.9 Å². The fourth-order valence-electron chi connectivity index (χ4n) is 3.50. The van der Waals surface area contributed by atoms with Crippen molar-refractivity contribution in [3.8, 4) is 0 Å². The van der Waals surface area contributed by atoms with Crippen molar-refractivity contribution in [1.82, 2.24) is 0 Å². The maximum atomic E-state index is 10.1. The predicted molar refractivity (Wildman–Crippen MR) is 65.8 cm³/mol. The summed E-state index contributed by atoms with van der Waals surface area (Å²) in [6.45, 7) is 0.800. The van der Waals surface area contributed by atoms with Gasteiger partial charge in [-0.3, -0.25) is 0 Å². The molecule has 4 nitrogen and oxygen atoms in total. The largest absolute Gasteiger partial charge is 0.396 e. The third-order valence-corrected chi connectivity index (χ3v) is 4.67. The molecule has 102 valence electrons. The quantitative estimate of drug-likeness (QED) is 0.569. The molecule has 4 heteroatoms. The summed E-state index contributed by atoms with van der Waals surface area (Å²) in [5.74, 6) is 0.835. The lowest BCUT2D eigenvalue weighted by atomic mass is 9.93. The van der Waals surface area contributed by atoms with Crippen LogP contribution in [0.4, 0.5) is 0 Å². The fraction of sp³-hybridized carbons (Fsp3) is 0.857. The zero-order chi connectivity index (χ0) is 12.5. The van der Waals surface area contributed by atoms with Crippen LogP contribution in [0.3, 0.4) is 0 Å². The third-order valence-electron chi connectivity index (χ3n) is 4.67. The normalized spacial score (nSPS) is 43.8. The molecule has 2 N–H and O–H groups in total. The molecule has 6 unspecified atom stereocenters. The van der Waals surface area contributed by atoms with Gasteiger partial charge in [-0.25, -0.2) is 0 Å². The van der Waals surface area contributed by atoms with Gasteiger partial charge in [-0.05, 0) is 31.1 Å². The molecule has 1 aliphatic carbocycles. The van der Waals surface area contributed by atoms with E-state index in [1.54, 1.807) is 0 Å². The Bertz CT molecular complexity index is 317. The van der Waals surface area contributed by atoms with Crippen LogP contribution in [-0.2, 0) is 9.47 Å². The van der Waals surface area contributed by atoms with E-state index in [2.05, 4.69) is 6.08 Å². The number of hydrogen-bond acceptors (Lipinski definition) is 4. The standard InChI is InChI=1S/C14H22O4/c15-7-9-2-1-3-10(9)8-17-14(16)12-6-11-4-5-13(12)18-11/h4-5,9-16H,1-3,6-8H2. The second-order valence-electron chi connectivity index (χ2n) is 5.78. The van der Waals surface area contributed by atoms with Gasteiger partial charge in [0.2, 0.25) is 0 Å². The summed E-state index contributed by atoms with van der Waals surface area (Å²) in [7, 11) is 0. The highest BCUT2D eigenvalue weighted by atomic mass is 16.6. The molecule has 2 aliphatic heterocycles. The SMILES string of the molecule is OCC1CCCC1COC(O)C1CC2C=CC1O2. The average molecular weight is 254 g/mol. The van der Waals surface area contributed by atoms with Crippen molar-refractivity contribution in [2.24, 2.45) is 17.8 Å². The van der Waals surface area contributed by atoms with Crippen LogP contribution in [0.15, 0.2) is 12.2 Å². The number of aliphatic hydroxyl groups excluding tert-OH is 2. The number of aliphatic hydroxyl groups is 2.